The van der Waals surface area contributed by atoms with Crippen molar-refractivity contribution < 1.29 is 17.9 Å². The van der Waals surface area contributed by atoms with Crippen LogP contribution in [0.3, 0.4) is 0 Å². The monoisotopic (exact) mass is 442 g/mol. The van der Waals surface area contributed by atoms with E-state index in [1.54, 1.807) is 0 Å². The second-order valence-electron chi connectivity index (χ2n) is 8.60. The van der Waals surface area contributed by atoms with Gasteiger partial charge in [-0.1, -0.05) is 55.3 Å². The van der Waals surface area contributed by atoms with Crippen molar-refractivity contribution in [2.75, 3.05) is 31.4 Å². The molecule has 1 fully saturated rings. The predicted octanol–water partition coefficient (Wildman–Crippen LogP) is 3.44. The van der Waals surface area contributed by atoms with Gasteiger partial charge >= 0.3 is 0 Å². The molecule has 0 bridgehead atoms. The topological polar surface area (TPSA) is 66.9 Å². The zero-order valence-electron chi connectivity index (χ0n) is 18.1. The second-order valence-corrected chi connectivity index (χ2v) is 10.9. The molecule has 1 saturated carbocycles. The zero-order valence-corrected chi connectivity index (χ0v) is 18.9. The molecule has 0 aromatic heterocycles. The molecule has 0 spiro atoms. The number of sulfone groups is 1. The van der Waals surface area contributed by atoms with Crippen molar-refractivity contribution in [2.24, 2.45) is 0 Å². The van der Waals surface area contributed by atoms with Gasteiger partial charge in [0.2, 0.25) is 5.91 Å². The first-order valence-electron chi connectivity index (χ1n) is 10.8. The molecule has 1 amide bonds. The van der Waals surface area contributed by atoms with Crippen LogP contribution in [0.2, 0.25) is 0 Å². The molecule has 7 heteroatoms. The maximum absolute atomic E-state index is 13.6. The summed E-state index contributed by atoms with van der Waals surface area (Å²) in [6.45, 7) is 0.542. The Morgan fingerprint density at radius 1 is 1.06 bits per heavy atom. The molecule has 1 heterocycles. The van der Waals surface area contributed by atoms with E-state index in [0.29, 0.717) is 18.8 Å². The molecule has 0 radical (unpaired) electrons. The van der Waals surface area contributed by atoms with Crippen molar-refractivity contribution in [1.29, 1.82) is 0 Å². The standard InChI is InChI=1S/C24H30N2O4S/c1-25(20-13-7-9-15-23(20)31(2,28)29)16-24(27)26-19-12-6-8-14-22(19)30-17-21(26)18-10-4-3-5-11-18/h3-6,8,10-12,14,20-21,23H,7,9,13,15-17H2,1-2H3/t20-,21-,23-/m1/s1. The lowest BCUT2D eigenvalue weighted by Crippen LogP contribution is -2.52. The van der Waals surface area contributed by atoms with Crippen LogP contribution >= 0.6 is 0 Å². The van der Waals surface area contributed by atoms with E-state index >= 15 is 0 Å². The number of carbonyl (C=O) groups excluding carboxylic acids is 1. The van der Waals surface area contributed by atoms with Crippen LogP contribution in [0.25, 0.3) is 0 Å². The zero-order chi connectivity index (χ0) is 22.0. The molecule has 1 aliphatic carbocycles. The first-order valence-corrected chi connectivity index (χ1v) is 12.8. The minimum Gasteiger partial charge on any atom is -0.489 e. The lowest BCUT2D eigenvalue weighted by molar-refractivity contribution is -0.121. The predicted molar refractivity (Wildman–Crippen MR) is 122 cm³/mol. The van der Waals surface area contributed by atoms with Crippen molar-refractivity contribution in [2.45, 2.75) is 43.0 Å². The van der Waals surface area contributed by atoms with E-state index in [-0.39, 0.29) is 24.5 Å². The molecule has 1 aliphatic heterocycles. The molecular formula is C24H30N2O4S. The summed E-state index contributed by atoms with van der Waals surface area (Å²) < 4.78 is 30.7. The normalized spacial score (nSPS) is 23.8. The van der Waals surface area contributed by atoms with Crippen LogP contribution in [0.15, 0.2) is 54.6 Å². The van der Waals surface area contributed by atoms with Gasteiger partial charge in [-0.2, -0.15) is 0 Å². The van der Waals surface area contributed by atoms with Crippen molar-refractivity contribution in [3.05, 3.63) is 60.2 Å². The van der Waals surface area contributed by atoms with Crippen molar-refractivity contribution >= 4 is 21.4 Å². The van der Waals surface area contributed by atoms with Crippen LogP contribution in [0.5, 0.6) is 5.75 Å². The second kappa shape index (κ2) is 9.01. The maximum atomic E-state index is 13.6. The molecule has 3 atom stereocenters. The minimum absolute atomic E-state index is 0.0510. The molecule has 0 saturated heterocycles. The number of hydrogen-bond acceptors (Lipinski definition) is 5. The highest BCUT2D eigenvalue weighted by Crippen LogP contribution is 2.39. The molecule has 6 nitrogen and oxygen atoms in total. The van der Waals surface area contributed by atoms with Gasteiger partial charge in [0.25, 0.3) is 0 Å². The van der Waals surface area contributed by atoms with Gasteiger partial charge in [0.1, 0.15) is 12.4 Å². The number of nitrogens with zero attached hydrogens (tertiary/aromatic N) is 2. The summed E-state index contributed by atoms with van der Waals surface area (Å²) in [6, 6.07) is 17.1. The van der Waals surface area contributed by atoms with Gasteiger partial charge in [-0.25, -0.2) is 8.42 Å². The summed E-state index contributed by atoms with van der Waals surface area (Å²) in [7, 11) is -1.30. The van der Waals surface area contributed by atoms with Crippen molar-refractivity contribution in [3.63, 3.8) is 0 Å². The fraction of sp³-hybridized carbons (Fsp3) is 0.458. The number of hydrogen-bond donors (Lipinski definition) is 0. The largest absolute Gasteiger partial charge is 0.489 e. The fourth-order valence-electron chi connectivity index (χ4n) is 4.91. The number of ether oxygens (including phenoxy) is 1. The number of para-hydroxylation sites is 2. The van der Waals surface area contributed by atoms with E-state index < -0.39 is 15.1 Å². The van der Waals surface area contributed by atoms with E-state index in [4.69, 9.17) is 4.74 Å². The summed E-state index contributed by atoms with van der Waals surface area (Å²) in [6.07, 6.45) is 4.68. The Bertz CT molecular complexity index is 1020. The Kier molecular flexibility index (Phi) is 6.34. The number of amides is 1. The van der Waals surface area contributed by atoms with Gasteiger partial charge in [-0.05, 0) is 37.6 Å². The Morgan fingerprint density at radius 3 is 2.48 bits per heavy atom. The maximum Gasteiger partial charge on any atom is 0.241 e. The number of carbonyl (C=O) groups is 1. The highest BCUT2D eigenvalue weighted by atomic mass is 32.2. The summed E-state index contributed by atoms with van der Waals surface area (Å²) in [5.41, 5.74) is 1.77. The number of rotatable bonds is 5. The Hall–Kier alpha value is -2.38. The first kappa shape index (κ1) is 21.8. The summed E-state index contributed by atoms with van der Waals surface area (Å²) in [4.78, 5) is 17.4. The van der Waals surface area contributed by atoms with Crippen LogP contribution in [0.4, 0.5) is 5.69 Å². The average Bonchev–Trinajstić information content (AvgIpc) is 2.78. The number of anilines is 1. The number of benzene rings is 2. The van der Waals surface area contributed by atoms with Crippen LogP contribution < -0.4 is 9.64 Å². The first-order chi connectivity index (χ1) is 14.9. The highest BCUT2D eigenvalue weighted by molar-refractivity contribution is 7.91. The van der Waals surface area contributed by atoms with Crippen LogP contribution in [-0.4, -0.2) is 57.0 Å². The molecule has 31 heavy (non-hydrogen) atoms. The molecule has 2 aromatic rings. The lowest BCUT2D eigenvalue weighted by Gasteiger charge is -2.40. The quantitative estimate of drug-likeness (QED) is 0.710. The third kappa shape index (κ3) is 4.62. The van der Waals surface area contributed by atoms with Gasteiger partial charge in [-0.15, -0.1) is 0 Å². The van der Waals surface area contributed by atoms with Crippen LogP contribution in [-0.2, 0) is 14.6 Å². The summed E-state index contributed by atoms with van der Waals surface area (Å²) in [5.74, 6) is 0.641. The van der Waals surface area contributed by atoms with Gasteiger partial charge in [0.15, 0.2) is 9.84 Å². The summed E-state index contributed by atoms with van der Waals surface area (Å²) >= 11 is 0. The van der Waals surface area contributed by atoms with Crippen LogP contribution in [0.1, 0.15) is 37.3 Å². The van der Waals surface area contributed by atoms with Crippen LogP contribution in [0, 0.1) is 0 Å². The highest BCUT2D eigenvalue weighted by Gasteiger charge is 2.38. The SMILES string of the molecule is CN(CC(=O)N1c2ccccc2OC[C@@H]1c1ccccc1)[C@@H]1CCCC[C@H]1S(C)(=O)=O. The smallest absolute Gasteiger partial charge is 0.241 e. The van der Waals surface area contributed by atoms with Gasteiger partial charge in [-0.3, -0.25) is 14.6 Å². The van der Waals surface area contributed by atoms with E-state index in [1.165, 1.54) is 6.26 Å². The fourth-order valence-corrected chi connectivity index (χ4v) is 6.42. The summed E-state index contributed by atoms with van der Waals surface area (Å²) in [5, 5.41) is -0.416. The molecule has 2 aliphatic rings. The minimum atomic E-state index is -3.17. The van der Waals surface area contributed by atoms with Gasteiger partial charge < -0.3 is 4.74 Å². The Morgan fingerprint density at radius 2 is 1.74 bits per heavy atom. The van der Waals surface area contributed by atoms with Crippen molar-refractivity contribution in [3.8, 4) is 5.75 Å². The number of likely N-dealkylation sites (N-methyl/N-ethyl adjacent to an activating group) is 1. The van der Waals surface area contributed by atoms with Gasteiger partial charge in [0.05, 0.1) is 23.5 Å². The molecule has 0 unspecified atom stereocenters. The molecule has 2 aromatic carbocycles. The lowest BCUT2D eigenvalue weighted by atomic mass is 9.93. The Labute approximate surface area is 184 Å². The third-order valence-corrected chi connectivity index (χ3v) is 8.10. The molecule has 0 N–H and O–H groups in total. The van der Waals surface area contributed by atoms with E-state index in [1.807, 2.05) is 71.4 Å². The average molecular weight is 443 g/mol. The Balaban J connectivity index is 1.61. The van der Waals surface area contributed by atoms with E-state index in [9.17, 15) is 13.2 Å². The number of fused-ring (bicyclic) bond motifs is 1. The molecule has 166 valence electrons. The molecule has 4 rings (SSSR count). The molecular weight excluding hydrogens is 412 g/mol. The third-order valence-electron chi connectivity index (χ3n) is 6.45. The van der Waals surface area contributed by atoms with Gasteiger partial charge in [0, 0.05) is 12.3 Å². The van der Waals surface area contributed by atoms with E-state index in [2.05, 4.69) is 0 Å². The van der Waals surface area contributed by atoms with Crippen molar-refractivity contribution in [1.82, 2.24) is 4.90 Å². The van der Waals surface area contributed by atoms with E-state index in [0.717, 1.165) is 30.5 Å².